The first-order valence-electron chi connectivity index (χ1n) is 6.57. The lowest BCUT2D eigenvalue weighted by Gasteiger charge is -2.35. The van der Waals surface area contributed by atoms with E-state index < -0.39 is 0 Å². The van der Waals surface area contributed by atoms with Crippen LogP contribution in [0, 0.1) is 0 Å². The lowest BCUT2D eigenvalue weighted by Crippen LogP contribution is -2.47. The summed E-state index contributed by atoms with van der Waals surface area (Å²) < 4.78 is 0. The number of benzene rings is 1. The van der Waals surface area contributed by atoms with Gasteiger partial charge < -0.3 is 21.1 Å². The molecular weight excluding hydrogens is 242 g/mol. The van der Waals surface area contributed by atoms with Crippen LogP contribution < -0.4 is 11.1 Å². The van der Waals surface area contributed by atoms with E-state index in [0.29, 0.717) is 11.6 Å². The fraction of sp³-hybridized carbons (Fsp3) is 0.500. The number of hydrogen-bond acceptors (Lipinski definition) is 4. The largest absolute Gasteiger partial charge is 0.506 e. The van der Waals surface area contributed by atoms with Crippen molar-refractivity contribution in [2.75, 3.05) is 19.3 Å². The Balaban J connectivity index is 1.99. The van der Waals surface area contributed by atoms with E-state index in [1.807, 2.05) is 0 Å². The fourth-order valence-corrected chi connectivity index (χ4v) is 2.37. The number of nitrogen functional groups attached to an aromatic ring is 1. The molecule has 0 spiro atoms. The van der Waals surface area contributed by atoms with Gasteiger partial charge in [-0.25, -0.2) is 0 Å². The van der Waals surface area contributed by atoms with Gasteiger partial charge in [-0.2, -0.15) is 0 Å². The van der Waals surface area contributed by atoms with Gasteiger partial charge in [-0.15, -0.1) is 0 Å². The third kappa shape index (κ3) is 3.17. The molecule has 1 aromatic carbocycles. The lowest BCUT2D eigenvalue weighted by atomic mass is 9.98. The van der Waals surface area contributed by atoms with Gasteiger partial charge in [0.25, 0.3) is 5.91 Å². The summed E-state index contributed by atoms with van der Waals surface area (Å²) in [5, 5.41) is 12.5. The molecule has 0 bridgehead atoms. The van der Waals surface area contributed by atoms with Crippen LogP contribution >= 0.6 is 0 Å². The molecule has 0 radical (unpaired) electrons. The van der Waals surface area contributed by atoms with Crippen molar-refractivity contribution in [3.05, 3.63) is 23.8 Å². The highest BCUT2D eigenvalue weighted by molar-refractivity contribution is 5.95. The van der Waals surface area contributed by atoms with E-state index in [-0.39, 0.29) is 23.4 Å². The summed E-state index contributed by atoms with van der Waals surface area (Å²) in [7, 11) is 2.10. The highest BCUT2D eigenvalue weighted by Crippen LogP contribution is 2.21. The van der Waals surface area contributed by atoms with Crippen LogP contribution in [-0.4, -0.2) is 41.6 Å². The molecule has 1 amide bonds. The average Bonchev–Trinajstić information content (AvgIpc) is 2.37. The molecule has 19 heavy (non-hydrogen) atoms. The first kappa shape index (κ1) is 13.7. The number of aromatic hydroxyl groups is 1. The summed E-state index contributed by atoms with van der Waals surface area (Å²) in [6.45, 7) is 3.15. The summed E-state index contributed by atoms with van der Waals surface area (Å²) >= 11 is 0. The maximum absolute atomic E-state index is 12.1. The molecule has 1 aliphatic rings. The summed E-state index contributed by atoms with van der Waals surface area (Å²) in [6.07, 6.45) is 1.90. The van der Waals surface area contributed by atoms with Gasteiger partial charge in [-0.05, 0) is 45.0 Å². The van der Waals surface area contributed by atoms with Gasteiger partial charge in [0.2, 0.25) is 0 Å². The molecule has 2 unspecified atom stereocenters. The Hall–Kier alpha value is -1.75. The number of likely N-dealkylation sites (tertiary alicyclic amines) is 1. The molecule has 5 nitrogen and oxygen atoms in total. The Morgan fingerprint density at radius 2 is 2.26 bits per heavy atom. The van der Waals surface area contributed by atoms with Gasteiger partial charge in [0.05, 0.1) is 5.69 Å². The molecule has 1 heterocycles. The Morgan fingerprint density at radius 1 is 1.53 bits per heavy atom. The average molecular weight is 263 g/mol. The van der Waals surface area contributed by atoms with E-state index in [2.05, 4.69) is 24.2 Å². The van der Waals surface area contributed by atoms with Crippen molar-refractivity contribution in [1.29, 1.82) is 0 Å². The Bertz CT molecular complexity index is 476. The number of amides is 1. The van der Waals surface area contributed by atoms with Crippen molar-refractivity contribution < 1.29 is 9.90 Å². The number of hydrogen-bond donors (Lipinski definition) is 3. The second kappa shape index (κ2) is 5.48. The Kier molecular flexibility index (Phi) is 3.95. The predicted molar refractivity (Wildman–Crippen MR) is 75.1 cm³/mol. The smallest absolute Gasteiger partial charge is 0.251 e. The van der Waals surface area contributed by atoms with Crippen LogP contribution in [0.5, 0.6) is 5.75 Å². The molecule has 5 heteroatoms. The quantitative estimate of drug-likeness (QED) is 0.553. The Morgan fingerprint density at radius 3 is 2.89 bits per heavy atom. The molecule has 4 N–H and O–H groups in total. The molecule has 2 rings (SSSR count). The number of carbonyl (C=O) groups is 1. The lowest BCUT2D eigenvalue weighted by molar-refractivity contribution is 0.0896. The zero-order valence-electron chi connectivity index (χ0n) is 11.4. The van der Waals surface area contributed by atoms with Crippen LogP contribution in [0.25, 0.3) is 0 Å². The molecule has 0 aliphatic carbocycles. The maximum Gasteiger partial charge on any atom is 0.251 e. The van der Waals surface area contributed by atoms with E-state index in [9.17, 15) is 9.90 Å². The van der Waals surface area contributed by atoms with Crippen LogP contribution in [0.2, 0.25) is 0 Å². The van der Waals surface area contributed by atoms with Gasteiger partial charge in [-0.1, -0.05) is 0 Å². The topological polar surface area (TPSA) is 78.6 Å². The van der Waals surface area contributed by atoms with Crippen LogP contribution in [0.3, 0.4) is 0 Å². The molecule has 1 saturated heterocycles. The van der Waals surface area contributed by atoms with E-state index in [0.717, 1.165) is 19.4 Å². The van der Waals surface area contributed by atoms with Crippen molar-refractivity contribution >= 4 is 11.6 Å². The molecule has 1 fully saturated rings. The van der Waals surface area contributed by atoms with Gasteiger partial charge in [0.1, 0.15) is 5.75 Å². The molecular formula is C14H21N3O2. The second-order valence-electron chi connectivity index (χ2n) is 5.30. The van der Waals surface area contributed by atoms with Gasteiger partial charge >= 0.3 is 0 Å². The first-order valence-corrected chi connectivity index (χ1v) is 6.57. The van der Waals surface area contributed by atoms with E-state index in [4.69, 9.17) is 5.73 Å². The zero-order chi connectivity index (χ0) is 14.0. The van der Waals surface area contributed by atoms with Crippen LogP contribution in [-0.2, 0) is 0 Å². The van der Waals surface area contributed by atoms with Crippen molar-refractivity contribution in [3.63, 3.8) is 0 Å². The minimum absolute atomic E-state index is 0.0515. The third-order valence-electron chi connectivity index (χ3n) is 3.84. The van der Waals surface area contributed by atoms with Crippen molar-refractivity contribution in [3.8, 4) is 5.75 Å². The number of nitrogens with zero attached hydrogens (tertiary/aromatic N) is 1. The summed E-state index contributed by atoms with van der Waals surface area (Å²) in [5.41, 5.74) is 6.24. The highest BCUT2D eigenvalue weighted by atomic mass is 16.3. The SMILES string of the molecule is CC1CC(NC(=O)c2ccc(N)c(O)c2)CCN1C. The molecule has 2 atom stereocenters. The molecule has 1 aromatic rings. The highest BCUT2D eigenvalue weighted by Gasteiger charge is 2.24. The fourth-order valence-electron chi connectivity index (χ4n) is 2.37. The molecule has 0 saturated carbocycles. The number of phenolic OH excluding ortho intramolecular Hbond substituents is 1. The molecule has 0 aromatic heterocycles. The second-order valence-corrected chi connectivity index (χ2v) is 5.30. The summed E-state index contributed by atoms with van der Waals surface area (Å²) in [6, 6.07) is 5.24. The maximum atomic E-state index is 12.1. The number of phenols is 1. The first-order chi connectivity index (χ1) is 8.97. The minimum Gasteiger partial charge on any atom is -0.506 e. The third-order valence-corrected chi connectivity index (χ3v) is 3.84. The Labute approximate surface area is 113 Å². The number of anilines is 1. The minimum atomic E-state index is -0.156. The van der Waals surface area contributed by atoms with Crippen LogP contribution in [0.1, 0.15) is 30.1 Å². The number of nitrogens with two attached hydrogens (primary N) is 1. The number of rotatable bonds is 2. The molecule has 104 valence electrons. The van der Waals surface area contributed by atoms with E-state index >= 15 is 0 Å². The van der Waals surface area contributed by atoms with Gasteiger partial charge in [0, 0.05) is 24.2 Å². The zero-order valence-corrected chi connectivity index (χ0v) is 11.4. The predicted octanol–water partition coefficient (Wildman–Crippen LogP) is 1.19. The van der Waals surface area contributed by atoms with Gasteiger partial charge in [0.15, 0.2) is 0 Å². The standard InChI is InChI=1S/C14H21N3O2/c1-9-7-11(5-6-17(9)2)16-14(19)10-3-4-12(15)13(18)8-10/h3-4,8-9,11,18H,5-7,15H2,1-2H3,(H,16,19). The number of nitrogens with one attached hydrogen (secondary N) is 1. The van der Waals surface area contributed by atoms with Crippen molar-refractivity contribution in [2.24, 2.45) is 0 Å². The number of carbonyl (C=O) groups excluding carboxylic acids is 1. The van der Waals surface area contributed by atoms with Crippen LogP contribution in [0.4, 0.5) is 5.69 Å². The monoisotopic (exact) mass is 263 g/mol. The van der Waals surface area contributed by atoms with Crippen molar-refractivity contribution in [1.82, 2.24) is 10.2 Å². The summed E-state index contributed by atoms with van der Waals surface area (Å²) in [4.78, 5) is 14.4. The van der Waals surface area contributed by atoms with E-state index in [1.165, 1.54) is 6.07 Å². The molecule has 1 aliphatic heterocycles. The summed E-state index contributed by atoms with van der Waals surface area (Å²) in [5.74, 6) is -0.207. The normalized spacial score (nSPS) is 24.1. The van der Waals surface area contributed by atoms with Gasteiger partial charge in [-0.3, -0.25) is 4.79 Å². The van der Waals surface area contributed by atoms with Crippen LogP contribution in [0.15, 0.2) is 18.2 Å². The van der Waals surface area contributed by atoms with Crippen molar-refractivity contribution in [2.45, 2.75) is 31.8 Å². The number of piperidine rings is 1. The van der Waals surface area contributed by atoms with E-state index in [1.54, 1.807) is 12.1 Å².